The molecule has 1 amide bonds. The highest BCUT2D eigenvalue weighted by Gasteiger charge is 2.49. The fourth-order valence-corrected chi connectivity index (χ4v) is 3.95. The first-order valence-corrected chi connectivity index (χ1v) is 8.81. The summed E-state index contributed by atoms with van der Waals surface area (Å²) >= 11 is 0. The Kier molecular flexibility index (Phi) is 4.44. The monoisotopic (exact) mass is 356 g/mol. The molecule has 6 nitrogen and oxygen atoms in total. The molecule has 4 rings (SSSR count). The van der Waals surface area contributed by atoms with Crippen LogP contribution < -0.4 is 10.1 Å². The number of amides is 1. The molecule has 2 aliphatic rings. The van der Waals surface area contributed by atoms with E-state index in [1.165, 1.54) is 18.5 Å². The first kappa shape index (κ1) is 16.8. The lowest BCUT2D eigenvalue weighted by Gasteiger charge is -2.45. The van der Waals surface area contributed by atoms with Crippen molar-refractivity contribution in [2.45, 2.75) is 25.3 Å². The van der Waals surface area contributed by atoms with Gasteiger partial charge in [0.25, 0.3) is 5.91 Å². The van der Waals surface area contributed by atoms with Crippen LogP contribution in [0.25, 0.3) is 0 Å². The first-order valence-electron chi connectivity index (χ1n) is 8.81. The first-order chi connectivity index (χ1) is 12.6. The summed E-state index contributed by atoms with van der Waals surface area (Å²) in [6.07, 6.45) is 6.33. The molecular formula is C19H21FN4O2. The predicted octanol–water partition coefficient (Wildman–Crippen LogP) is 2.49. The molecule has 1 spiro atoms. The third kappa shape index (κ3) is 3.61. The molecule has 0 radical (unpaired) electrons. The summed E-state index contributed by atoms with van der Waals surface area (Å²) in [7, 11) is 0. The van der Waals surface area contributed by atoms with Gasteiger partial charge in [-0.1, -0.05) is 6.07 Å². The van der Waals surface area contributed by atoms with E-state index in [4.69, 9.17) is 4.74 Å². The molecule has 2 fully saturated rings. The second kappa shape index (κ2) is 6.90. The van der Waals surface area contributed by atoms with Crippen LogP contribution in [0.1, 0.15) is 19.3 Å². The molecule has 1 saturated heterocycles. The Labute approximate surface area is 151 Å². The molecule has 1 aliphatic carbocycles. The number of rotatable bonds is 5. The van der Waals surface area contributed by atoms with Crippen LogP contribution in [0.15, 0.2) is 42.9 Å². The summed E-state index contributed by atoms with van der Waals surface area (Å²) in [6.45, 7) is 1.47. The van der Waals surface area contributed by atoms with Gasteiger partial charge in [-0.2, -0.15) is 0 Å². The number of hydrogen-bond acceptors (Lipinski definition) is 5. The number of hydrogen-bond donors (Lipinski definition) is 1. The third-order valence-electron chi connectivity index (χ3n) is 5.24. The molecule has 1 saturated carbocycles. The van der Waals surface area contributed by atoms with E-state index >= 15 is 0 Å². The Balaban J connectivity index is 1.24. The van der Waals surface area contributed by atoms with E-state index in [9.17, 15) is 9.18 Å². The number of ether oxygens (including phenoxy) is 1. The third-order valence-corrected chi connectivity index (χ3v) is 5.24. The topological polar surface area (TPSA) is 67.3 Å². The zero-order valence-corrected chi connectivity index (χ0v) is 14.4. The van der Waals surface area contributed by atoms with Crippen LogP contribution in [0.2, 0.25) is 0 Å². The van der Waals surface area contributed by atoms with Crippen molar-refractivity contribution >= 4 is 11.7 Å². The van der Waals surface area contributed by atoms with Crippen LogP contribution >= 0.6 is 0 Å². The van der Waals surface area contributed by atoms with E-state index in [0.717, 1.165) is 38.2 Å². The van der Waals surface area contributed by atoms with Crippen LogP contribution in [0.4, 0.5) is 10.2 Å². The maximum absolute atomic E-state index is 13.2. The molecule has 0 bridgehead atoms. The van der Waals surface area contributed by atoms with Gasteiger partial charge in [0.15, 0.2) is 6.61 Å². The molecule has 0 unspecified atom stereocenters. The number of anilines is 1. The number of carbonyl (C=O) groups excluding carboxylic acids is 1. The Morgan fingerprint density at radius 1 is 1.38 bits per heavy atom. The van der Waals surface area contributed by atoms with Crippen molar-refractivity contribution in [1.29, 1.82) is 0 Å². The zero-order valence-electron chi connectivity index (χ0n) is 14.4. The van der Waals surface area contributed by atoms with Gasteiger partial charge in [-0.05, 0) is 42.9 Å². The Bertz CT molecular complexity index is 780. The van der Waals surface area contributed by atoms with Gasteiger partial charge < -0.3 is 15.0 Å². The smallest absolute Gasteiger partial charge is 0.260 e. The number of carbonyl (C=O) groups is 1. The summed E-state index contributed by atoms with van der Waals surface area (Å²) in [6, 6.07) is 8.11. The van der Waals surface area contributed by atoms with Gasteiger partial charge in [0.05, 0.1) is 0 Å². The second-order valence-electron chi connectivity index (χ2n) is 7.16. The van der Waals surface area contributed by atoms with Crippen LogP contribution in [-0.2, 0) is 4.79 Å². The number of nitrogens with one attached hydrogen (secondary N) is 1. The molecule has 1 aromatic heterocycles. The zero-order chi connectivity index (χ0) is 18.0. The van der Waals surface area contributed by atoms with Gasteiger partial charge in [-0.15, -0.1) is 0 Å². The largest absolute Gasteiger partial charge is 0.484 e. The van der Waals surface area contributed by atoms with Crippen LogP contribution in [0.5, 0.6) is 5.75 Å². The molecule has 26 heavy (non-hydrogen) atoms. The quantitative estimate of drug-likeness (QED) is 0.892. The lowest BCUT2D eigenvalue weighted by molar-refractivity contribution is -0.133. The molecule has 0 atom stereocenters. The maximum atomic E-state index is 13.2. The molecule has 1 aromatic carbocycles. The van der Waals surface area contributed by atoms with Gasteiger partial charge in [-0.25, -0.2) is 14.4 Å². The average molecular weight is 356 g/mol. The fraction of sp³-hybridized carbons (Fsp3) is 0.421. The molecule has 2 aromatic rings. The predicted molar refractivity (Wildman–Crippen MR) is 94.2 cm³/mol. The summed E-state index contributed by atoms with van der Waals surface area (Å²) in [5.74, 6) is 0.810. The number of benzene rings is 1. The van der Waals surface area contributed by atoms with Crippen molar-refractivity contribution in [3.05, 3.63) is 48.7 Å². The molecule has 2 heterocycles. The minimum Gasteiger partial charge on any atom is -0.484 e. The minimum atomic E-state index is -0.369. The molecule has 7 heteroatoms. The highest BCUT2D eigenvalue weighted by Crippen LogP contribution is 2.49. The van der Waals surface area contributed by atoms with Crippen molar-refractivity contribution in [2.75, 3.05) is 25.0 Å². The summed E-state index contributed by atoms with van der Waals surface area (Å²) in [4.78, 5) is 22.3. The van der Waals surface area contributed by atoms with E-state index in [0.29, 0.717) is 11.8 Å². The minimum absolute atomic E-state index is 0.0432. The number of aromatic nitrogens is 2. The number of nitrogens with zero attached hydrogens (tertiary/aromatic N) is 3. The van der Waals surface area contributed by atoms with Crippen molar-refractivity contribution in [3.63, 3.8) is 0 Å². The standard InChI is InChI=1S/C19H21FN4O2/c20-14-2-1-3-16(8-14)26-11-18(25)24-7-5-19(12-24)9-15(10-19)23-17-4-6-21-13-22-17/h1-4,6,8,13,15H,5,7,9-12H2,(H,21,22,23). The van der Waals surface area contributed by atoms with Crippen molar-refractivity contribution in [1.82, 2.24) is 14.9 Å². The molecular weight excluding hydrogens is 335 g/mol. The highest BCUT2D eigenvalue weighted by atomic mass is 19.1. The average Bonchev–Trinajstić information content (AvgIpc) is 3.06. The van der Waals surface area contributed by atoms with E-state index in [2.05, 4.69) is 15.3 Å². The van der Waals surface area contributed by atoms with E-state index in [-0.39, 0.29) is 23.7 Å². The van der Waals surface area contributed by atoms with Gasteiger partial charge in [0.1, 0.15) is 23.7 Å². The van der Waals surface area contributed by atoms with Gasteiger partial charge in [0.2, 0.25) is 0 Å². The molecule has 136 valence electrons. The summed E-state index contributed by atoms with van der Waals surface area (Å²) < 4.78 is 18.6. The van der Waals surface area contributed by atoms with E-state index in [1.807, 2.05) is 11.0 Å². The van der Waals surface area contributed by atoms with Gasteiger partial charge in [-0.3, -0.25) is 4.79 Å². The SMILES string of the molecule is O=C(COc1cccc(F)c1)N1CCC2(CC(Nc3ccncn3)C2)C1. The Hall–Kier alpha value is -2.70. The second-order valence-corrected chi connectivity index (χ2v) is 7.16. The van der Waals surface area contributed by atoms with Crippen LogP contribution in [-0.4, -0.2) is 46.5 Å². The lowest BCUT2D eigenvalue weighted by Crippen LogP contribution is -2.47. The Morgan fingerprint density at radius 2 is 2.27 bits per heavy atom. The van der Waals surface area contributed by atoms with Gasteiger partial charge >= 0.3 is 0 Å². The summed E-state index contributed by atoms with van der Waals surface area (Å²) in [5.41, 5.74) is 0.208. The van der Waals surface area contributed by atoms with E-state index in [1.54, 1.807) is 18.3 Å². The van der Waals surface area contributed by atoms with E-state index < -0.39 is 0 Å². The normalized spacial score (nSPS) is 24.3. The molecule has 1 aliphatic heterocycles. The van der Waals surface area contributed by atoms with Crippen molar-refractivity contribution in [3.8, 4) is 5.75 Å². The van der Waals surface area contributed by atoms with Crippen LogP contribution in [0.3, 0.4) is 0 Å². The Morgan fingerprint density at radius 3 is 3.04 bits per heavy atom. The number of halogens is 1. The van der Waals surface area contributed by atoms with Crippen molar-refractivity contribution < 1.29 is 13.9 Å². The molecule has 1 N–H and O–H groups in total. The van der Waals surface area contributed by atoms with Crippen molar-refractivity contribution in [2.24, 2.45) is 5.41 Å². The summed E-state index contributed by atoms with van der Waals surface area (Å²) in [5, 5.41) is 3.41. The maximum Gasteiger partial charge on any atom is 0.260 e. The fourth-order valence-electron chi connectivity index (χ4n) is 3.95. The van der Waals surface area contributed by atoms with Gasteiger partial charge in [0, 0.05) is 31.4 Å². The highest BCUT2D eigenvalue weighted by molar-refractivity contribution is 5.78. The lowest BCUT2D eigenvalue weighted by atomic mass is 9.65. The number of likely N-dealkylation sites (tertiary alicyclic amines) is 1. The van der Waals surface area contributed by atoms with Crippen LogP contribution in [0, 0.1) is 11.2 Å².